The SMILES string of the molecule is CCOc1cc(/C=C2/SC(=NCc3ccccc3)N(Cc3ccccc3)C2=O)cc(I)c1OCc1cccc(Cl)c1. The summed E-state index contributed by atoms with van der Waals surface area (Å²) in [4.78, 5) is 20.9. The molecule has 1 amide bonds. The van der Waals surface area contributed by atoms with Crippen LogP contribution in [0.5, 0.6) is 11.5 Å². The van der Waals surface area contributed by atoms with Gasteiger partial charge in [0.2, 0.25) is 0 Å². The van der Waals surface area contributed by atoms with Crippen molar-refractivity contribution in [1.82, 2.24) is 4.90 Å². The number of aliphatic imine (C=N–C) groups is 1. The van der Waals surface area contributed by atoms with Crippen LogP contribution in [0, 0.1) is 3.57 Å². The van der Waals surface area contributed by atoms with Gasteiger partial charge in [-0.05, 0) is 93.9 Å². The maximum Gasteiger partial charge on any atom is 0.267 e. The summed E-state index contributed by atoms with van der Waals surface area (Å²) in [5.41, 5.74) is 3.96. The van der Waals surface area contributed by atoms with Crippen LogP contribution in [0.2, 0.25) is 5.02 Å². The van der Waals surface area contributed by atoms with Crippen molar-refractivity contribution in [2.45, 2.75) is 26.6 Å². The number of carbonyl (C=O) groups excluding carboxylic acids is 1. The van der Waals surface area contributed by atoms with Gasteiger partial charge in [0.25, 0.3) is 5.91 Å². The number of benzene rings is 4. The van der Waals surface area contributed by atoms with Crippen molar-refractivity contribution in [1.29, 1.82) is 0 Å². The molecule has 0 atom stereocenters. The predicted octanol–water partition coefficient (Wildman–Crippen LogP) is 8.60. The number of halogens is 2. The number of carbonyl (C=O) groups is 1. The molecule has 0 aliphatic carbocycles. The molecule has 0 aromatic heterocycles. The Bertz CT molecular complexity index is 1580. The van der Waals surface area contributed by atoms with Crippen molar-refractivity contribution in [3.05, 3.63) is 133 Å². The van der Waals surface area contributed by atoms with E-state index < -0.39 is 0 Å². The summed E-state index contributed by atoms with van der Waals surface area (Å²) in [6.45, 7) is 3.74. The Hall–Kier alpha value is -3.27. The first-order chi connectivity index (χ1) is 20.0. The number of hydrogen-bond acceptors (Lipinski definition) is 5. The Morgan fingerprint density at radius 2 is 1.61 bits per heavy atom. The van der Waals surface area contributed by atoms with Crippen LogP contribution in [0.15, 0.2) is 107 Å². The number of amidine groups is 1. The summed E-state index contributed by atoms with van der Waals surface area (Å²) in [6, 6.07) is 31.5. The number of ether oxygens (including phenoxy) is 2. The Morgan fingerprint density at radius 3 is 2.32 bits per heavy atom. The molecule has 8 heteroatoms. The third kappa shape index (κ3) is 7.72. The molecule has 5 rings (SSSR count). The van der Waals surface area contributed by atoms with Gasteiger partial charge in [-0.3, -0.25) is 14.7 Å². The molecule has 208 valence electrons. The molecule has 0 spiro atoms. The number of thioether (sulfide) groups is 1. The van der Waals surface area contributed by atoms with Gasteiger partial charge in [-0.25, -0.2) is 0 Å². The van der Waals surface area contributed by atoms with Gasteiger partial charge in [0.1, 0.15) is 6.61 Å². The van der Waals surface area contributed by atoms with E-state index in [1.807, 2.05) is 110 Å². The molecule has 1 fully saturated rings. The van der Waals surface area contributed by atoms with Gasteiger partial charge < -0.3 is 9.47 Å². The molecule has 5 nitrogen and oxygen atoms in total. The maximum absolute atomic E-state index is 13.7. The van der Waals surface area contributed by atoms with E-state index in [-0.39, 0.29) is 5.91 Å². The number of hydrogen-bond donors (Lipinski definition) is 0. The monoisotopic (exact) mass is 694 g/mol. The van der Waals surface area contributed by atoms with E-state index in [2.05, 4.69) is 22.6 Å². The highest BCUT2D eigenvalue weighted by Gasteiger charge is 2.33. The summed E-state index contributed by atoms with van der Waals surface area (Å²) in [7, 11) is 0. The molecule has 1 aliphatic heterocycles. The molecule has 0 bridgehead atoms. The third-order valence-electron chi connectivity index (χ3n) is 6.21. The minimum atomic E-state index is -0.0695. The quantitative estimate of drug-likeness (QED) is 0.123. The van der Waals surface area contributed by atoms with E-state index in [1.165, 1.54) is 11.8 Å². The minimum absolute atomic E-state index is 0.0695. The molecule has 1 aliphatic rings. The summed E-state index contributed by atoms with van der Waals surface area (Å²) >= 11 is 9.79. The van der Waals surface area contributed by atoms with Crippen LogP contribution in [-0.4, -0.2) is 22.6 Å². The topological polar surface area (TPSA) is 51.1 Å². The highest BCUT2D eigenvalue weighted by Crippen LogP contribution is 2.38. The molecule has 1 saturated heterocycles. The van der Waals surface area contributed by atoms with E-state index in [0.717, 1.165) is 25.8 Å². The Labute approximate surface area is 263 Å². The molecular weight excluding hydrogens is 667 g/mol. The summed E-state index contributed by atoms with van der Waals surface area (Å²) in [6.07, 6.45) is 1.90. The zero-order chi connectivity index (χ0) is 28.6. The second-order valence-corrected chi connectivity index (χ2v) is 11.9. The zero-order valence-electron chi connectivity index (χ0n) is 22.4. The summed E-state index contributed by atoms with van der Waals surface area (Å²) < 4.78 is 13.0. The second-order valence-electron chi connectivity index (χ2n) is 9.25. The maximum atomic E-state index is 13.7. The molecule has 0 N–H and O–H groups in total. The number of nitrogens with zero attached hydrogens (tertiary/aromatic N) is 2. The van der Waals surface area contributed by atoms with Crippen LogP contribution in [0.4, 0.5) is 0 Å². The van der Waals surface area contributed by atoms with Gasteiger partial charge in [-0.15, -0.1) is 0 Å². The van der Waals surface area contributed by atoms with Crippen LogP contribution in [-0.2, 0) is 24.5 Å². The fourth-order valence-electron chi connectivity index (χ4n) is 4.28. The lowest BCUT2D eigenvalue weighted by molar-refractivity contribution is -0.122. The molecule has 4 aromatic carbocycles. The molecule has 0 unspecified atom stereocenters. The number of amides is 1. The van der Waals surface area contributed by atoms with E-state index in [9.17, 15) is 4.79 Å². The summed E-state index contributed by atoms with van der Waals surface area (Å²) in [5.74, 6) is 1.22. The van der Waals surface area contributed by atoms with E-state index >= 15 is 0 Å². The van der Waals surface area contributed by atoms with Crippen molar-refractivity contribution in [2.24, 2.45) is 4.99 Å². The van der Waals surface area contributed by atoms with Crippen LogP contribution < -0.4 is 9.47 Å². The normalized spacial score (nSPS) is 15.1. The van der Waals surface area contributed by atoms with Crippen molar-refractivity contribution in [3.63, 3.8) is 0 Å². The van der Waals surface area contributed by atoms with Crippen molar-refractivity contribution in [2.75, 3.05) is 6.61 Å². The fraction of sp³-hybridized carbons (Fsp3) is 0.152. The lowest BCUT2D eigenvalue weighted by Gasteiger charge is -2.16. The largest absolute Gasteiger partial charge is 0.490 e. The standard InChI is InChI=1S/C33H28ClIN2O3S/c1-2-39-29-18-26(17-28(35)31(29)40-22-25-14-9-15-27(34)16-25)19-30-32(38)37(21-24-12-7-4-8-13-24)33(41-30)36-20-23-10-5-3-6-11-23/h3-19H,2,20-22H2,1H3/b30-19+,36-33?. The summed E-state index contributed by atoms with van der Waals surface area (Å²) in [5, 5.41) is 1.36. The highest BCUT2D eigenvalue weighted by molar-refractivity contribution is 14.1. The molecule has 0 radical (unpaired) electrons. The van der Waals surface area contributed by atoms with E-state index in [0.29, 0.717) is 52.9 Å². The molecular formula is C33H28ClIN2O3S. The number of rotatable bonds is 10. The minimum Gasteiger partial charge on any atom is -0.490 e. The van der Waals surface area contributed by atoms with E-state index in [1.54, 1.807) is 4.90 Å². The molecule has 0 saturated carbocycles. The van der Waals surface area contributed by atoms with Crippen molar-refractivity contribution < 1.29 is 14.3 Å². The van der Waals surface area contributed by atoms with Crippen LogP contribution in [0.3, 0.4) is 0 Å². The van der Waals surface area contributed by atoms with Crippen molar-refractivity contribution >= 4 is 63.1 Å². The lowest BCUT2D eigenvalue weighted by Crippen LogP contribution is -2.28. The highest BCUT2D eigenvalue weighted by atomic mass is 127. The van der Waals surface area contributed by atoms with Gasteiger partial charge in [0.05, 0.1) is 28.2 Å². The first-order valence-electron chi connectivity index (χ1n) is 13.2. The van der Waals surface area contributed by atoms with Gasteiger partial charge in [-0.2, -0.15) is 0 Å². The molecule has 1 heterocycles. The average Bonchev–Trinajstić information content (AvgIpc) is 3.26. The zero-order valence-corrected chi connectivity index (χ0v) is 26.2. The van der Waals surface area contributed by atoms with Crippen LogP contribution >= 0.6 is 46.0 Å². The van der Waals surface area contributed by atoms with E-state index in [4.69, 9.17) is 26.1 Å². The van der Waals surface area contributed by atoms with Gasteiger partial charge >= 0.3 is 0 Å². The van der Waals surface area contributed by atoms with Crippen LogP contribution in [0.25, 0.3) is 6.08 Å². The lowest BCUT2D eigenvalue weighted by atomic mass is 10.1. The van der Waals surface area contributed by atoms with Crippen molar-refractivity contribution in [3.8, 4) is 11.5 Å². The first kappa shape index (κ1) is 29.2. The first-order valence-corrected chi connectivity index (χ1v) is 15.4. The second kappa shape index (κ2) is 14.1. The third-order valence-corrected chi connectivity index (χ3v) is 8.29. The Kier molecular flexibility index (Phi) is 10.0. The van der Waals surface area contributed by atoms with Gasteiger partial charge in [0, 0.05) is 5.02 Å². The Morgan fingerprint density at radius 1 is 0.902 bits per heavy atom. The molecule has 41 heavy (non-hydrogen) atoms. The van der Waals surface area contributed by atoms with Crippen LogP contribution in [0.1, 0.15) is 29.2 Å². The smallest absolute Gasteiger partial charge is 0.267 e. The average molecular weight is 695 g/mol. The Balaban J connectivity index is 1.42. The fourth-order valence-corrected chi connectivity index (χ4v) is 6.25. The van der Waals surface area contributed by atoms with Gasteiger partial charge in [0.15, 0.2) is 16.7 Å². The predicted molar refractivity (Wildman–Crippen MR) is 176 cm³/mol. The van der Waals surface area contributed by atoms with Gasteiger partial charge in [-0.1, -0.05) is 84.4 Å². The molecule has 4 aromatic rings.